The van der Waals surface area contributed by atoms with Gasteiger partial charge in [0.25, 0.3) is 5.91 Å². The van der Waals surface area contributed by atoms with Gasteiger partial charge in [0.1, 0.15) is 5.54 Å². The van der Waals surface area contributed by atoms with Gasteiger partial charge in [-0.2, -0.15) is 0 Å². The number of unbranched alkanes of at least 4 members (excludes halogenated alkanes) is 3. The fraction of sp³-hybridized carbons (Fsp3) is 0.550. The fourth-order valence-electron chi connectivity index (χ4n) is 3.33. The third kappa shape index (κ3) is 4.29. The lowest BCUT2D eigenvalue weighted by molar-refractivity contribution is -0.130. The third-order valence-electron chi connectivity index (χ3n) is 4.85. The number of aryl methyl sites for hydroxylation is 1. The van der Waals surface area contributed by atoms with Crippen molar-refractivity contribution in [1.29, 1.82) is 0 Å². The molecule has 6 nitrogen and oxygen atoms in total. The summed E-state index contributed by atoms with van der Waals surface area (Å²) in [6.07, 6.45) is 4.80. The topological polar surface area (TPSA) is 67.2 Å². The van der Waals surface area contributed by atoms with Crippen LogP contribution in [-0.4, -0.2) is 44.2 Å². The molecule has 3 amide bonds. The average molecular weight is 389 g/mol. The smallest absolute Gasteiger partial charge is 0.324 e. The van der Waals surface area contributed by atoms with Crippen LogP contribution in [0.5, 0.6) is 0 Å². The molecule has 0 saturated carbocycles. The van der Waals surface area contributed by atoms with Crippen LogP contribution in [0.15, 0.2) is 29.4 Å². The Morgan fingerprint density at radius 3 is 2.59 bits per heavy atom. The van der Waals surface area contributed by atoms with Gasteiger partial charge in [0.05, 0.1) is 11.0 Å². The highest BCUT2D eigenvalue weighted by molar-refractivity contribution is 7.99. The Morgan fingerprint density at radius 1 is 1.11 bits per heavy atom. The minimum Gasteiger partial charge on any atom is -0.324 e. The number of fused-ring (bicyclic) bond motifs is 1. The molecule has 7 heteroatoms. The van der Waals surface area contributed by atoms with E-state index in [-0.39, 0.29) is 11.9 Å². The van der Waals surface area contributed by atoms with Crippen LogP contribution in [-0.2, 0) is 11.3 Å². The number of urea groups is 1. The molecular formula is C20H28N4O2S. The van der Waals surface area contributed by atoms with Crippen molar-refractivity contribution in [1.82, 2.24) is 19.8 Å². The molecule has 1 aliphatic rings. The van der Waals surface area contributed by atoms with E-state index in [2.05, 4.69) is 22.9 Å². The van der Waals surface area contributed by atoms with E-state index in [1.54, 1.807) is 25.6 Å². The van der Waals surface area contributed by atoms with Crippen LogP contribution in [0.3, 0.4) is 0 Å². The highest BCUT2D eigenvalue weighted by Crippen LogP contribution is 2.26. The summed E-state index contributed by atoms with van der Waals surface area (Å²) in [4.78, 5) is 30.4. The summed E-state index contributed by atoms with van der Waals surface area (Å²) < 4.78 is 2.27. The normalized spacial score (nSPS) is 16.3. The molecule has 1 aliphatic heterocycles. The zero-order valence-corrected chi connectivity index (χ0v) is 17.1. The molecule has 0 bridgehead atoms. The van der Waals surface area contributed by atoms with Crippen molar-refractivity contribution >= 4 is 34.7 Å². The minimum absolute atomic E-state index is 0.166. The number of rotatable bonds is 9. The first kappa shape index (κ1) is 19.7. The standard InChI is InChI=1S/C20H28N4O2S/c1-4-5-6-9-12-23-16-11-8-7-10-15(16)21-19(23)27-14-13-24-17(25)20(2,3)22-18(24)26/h7-8,10-11H,4-6,9,12-14H2,1-3H3,(H,22,26). The summed E-state index contributed by atoms with van der Waals surface area (Å²) >= 11 is 1.61. The Kier molecular flexibility index (Phi) is 6.09. The second kappa shape index (κ2) is 8.33. The monoisotopic (exact) mass is 388 g/mol. The number of imide groups is 1. The van der Waals surface area contributed by atoms with Gasteiger partial charge in [0.2, 0.25) is 0 Å². The molecule has 1 aromatic heterocycles. The number of benzene rings is 1. The summed E-state index contributed by atoms with van der Waals surface area (Å²) in [7, 11) is 0. The molecule has 0 aliphatic carbocycles. The Morgan fingerprint density at radius 2 is 1.89 bits per heavy atom. The van der Waals surface area contributed by atoms with Gasteiger partial charge in [-0.3, -0.25) is 9.69 Å². The van der Waals surface area contributed by atoms with Gasteiger partial charge in [0.15, 0.2) is 5.16 Å². The highest BCUT2D eigenvalue weighted by Gasteiger charge is 2.43. The first-order chi connectivity index (χ1) is 12.9. The quantitative estimate of drug-likeness (QED) is 0.400. The van der Waals surface area contributed by atoms with Crippen molar-refractivity contribution in [3.63, 3.8) is 0 Å². The predicted molar refractivity (Wildman–Crippen MR) is 109 cm³/mol. The summed E-state index contributed by atoms with van der Waals surface area (Å²) in [5.41, 5.74) is 1.33. The van der Waals surface area contributed by atoms with Crippen LogP contribution >= 0.6 is 11.8 Å². The van der Waals surface area contributed by atoms with E-state index in [4.69, 9.17) is 4.98 Å². The van der Waals surface area contributed by atoms with Crippen molar-refractivity contribution in [3.8, 4) is 0 Å². The SMILES string of the molecule is CCCCCCn1c(SCCN2C(=O)NC(C)(C)C2=O)nc2ccccc21. The molecule has 2 aromatic rings. The molecule has 0 radical (unpaired) electrons. The molecule has 27 heavy (non-hydrogen) atoms. The van der Waals surface area contributed by atoms with E-state index < -0.39 is 5.54 Å². The summed E-state index contributed by atoms with van der Waals surface area (Å²) in [5, 5.41) is 3.68. The molecule has 3 rings (SSSR count). The van der Waals surface area contributed by atoms with Crippen molar-refractivity contribution < 1.29 is 9.59 Å². The first-order valence-corrected chi connectivity index (χ1v) is 10.6. The van der Waals surface area contributed by atoms with Crippen LogP contribution in [0.2, 0.25) is 0 Å². The van der Waals surface area contributed by atoms with Gasteiger partial charge in [-0.15, -0.1) is 0 Å². The maximum absolute atomic E-state index is 12.3. The minimum atomic E-state index is -0.811. The summed E-state index contributed by atoms with van der Waals surface area (Å²) in [6, 6.07) is 7.86. The van der Waals surface area contributed by atoms with Crippen molar-refractivity contribution in [2.75, 3.05) is 12.3 Å². The predicted octanol–water partition coefficient (Wildman–Crippen LogP) is 4.04. The van der Waals surface area contributed by atoms with E-state index in [1.165, 1.54) is 24.2 Å². The number of aromatic nitrogens is 2. The van der Waals surface area contributed by atoms with Crippen molar-refractivity contribution in [2.24, 2.45) is 0 Å². The molecule has 0 unspecified atom stereocenters. The number of hydrogen-bond acceptors (Lipinski definition) is 4. The van der Waals surface area contributed by atoms with Gasteiger partial charge in [-0.1, -0.05) is 50.1 Å². The number of amides is 3. The maximum atomic E-state index is 12.3. The van der Waals surface area contributed by atoms with Crippen molar-refractivity contribution in [3.05, 3.63) is 24.3 Å². The Bertz CT molecular complexity index is 830. The van der Waals surface area contributed by atoms with Gasteiger partial charge in [0, 0.05) is 18.8 Å². The Labute approximate surface area is 164 Å². The fourth-order valence-corrected chi connectivity index (χ4v) is 4.29. The van der Waals surface area contributed by atoms with Gasteiger partial charge >= 0.3 is 6.03 Å². The molecule has 0 atom stereocenters. The van der Waals surface area contributed by atoms with E-state index in [1.807, 2.05) is 18.2 Å². The van der Waals surface area contributed by atoms with Crippen LogP contribution in [0.1, 0.15) is 46.5 Å². The molecular weight excluding hydrogens is 360 g/mol. The number of thioether (sulfide) groups is 1. The van der Waals surface area contributed by atoms with Crippen LogP contribution in [0.4, 0.5) is 4.79 Å². The van der Waals surface area contributed by atoms with E-state index in [0.29, 0.717) is 12.3 Å². The highest BCUT2D eigenvalue weighted by atomic mass is 32.2. The molecule has 0 spiro atoms. The zero-order valence-electron chi connectivity index (χ0n) is 16.3. The summed E-state index contributed by atoms with van der Waals surface area (Å²) in [5.74, 6) is 0.467. The molecule has 1 saturated heterocycles. The number of hydrogen-bond donors (Lipinski definition) is 1. The van der Waals surface area contributed by atoms with Gasteiger partial charge < -0.3 is 9.88 Å². The molecule has 2 heterocycles. The van der Waals surface area contributed by atoms with Crippen molar-refractivity contribution in [2.45, 2.75) is 63.7 Å². The van der Waals surface area contributed by atoms with Gasteiger partial charge in [-0.25, -0.2) is 9.78 Å². The molecule has 1 aromatic carbocycles. The number of carbonyl (C=O) groups is 2. The lowest BCUT2D eigenvalue weighted by Crippen LogP contribution is -2.40. The molecule has 146 valence electrons. The van der Waals surface area contributed by atoms with Crippen LogP contribution in [0, 0.1) is 0 Å². The number of carbonyl (C=O) groups excluding carboxylic acids is 2. The first-order valence-electron chi connectivity index (χ1n) is 9.66. The second-order valence-electron chi connectivity index (χ2n) is 7.46. The number of nitrogens with zero attached hydrogens (tertiary/aromatic N) is 3. The lowest BCUT2D eigenvalue weighted by Gasteiger charge is -2.15. The third-order valence-corrected chi connectivity index (χ3v) is 5.80. The van der Waals surface area contributed by atoms with Crippen LogP contribution < -0.4 is 5.32 Å². The number of imidazole rings is 1. The Hall–Kier alpha value is -2.02. The number of nitrogens with one attached hydrogen (secondary N) is 1. The summed E-state index contributed by atoms with van der Waals surface area (Å²) in [6.45, 7) is 7.01. The van der Waals surface area contributed by atoms with E-state index in [9.17, 15) is 9.59 Å². The maximum Gasteiger partial charge on any atom is 0.325 e. The average Bonchev–Trinajstić information content (AvgIpc) is 3.07. The zero-order chi connectivity index (χ0) is 19.4. The van der Waals surface area contributed by atoms with E-state index >= 15 is 0 Å². The number of para-hydroxylation sites is 2. The van der Waals surface area contributed by atoms with E-state index in [0.717, 1.165) is 29.2 Å². The lowest BCUT2D eigenvalue weighted by atomic mass is 10.1. The second-order valence-corrected chi connectivity index (χ2v) is 8.52. The molecule has 1 N–H and O–H groups in total. The van der Waals surface area contributed by atoms with Gasteiger partial charge in [-0.05, 0) is 32.4 Å². The Balaban J connectivity index is 1.67. The molecule has 1 fully saturated rings. The largest absolute Gasteiger partial charge is 0.325 e. The van der Waals surface area contributed by atoms with Crippen LogP contribution in [0.25, 0.3) is 11.0 Å².